The van der Waals surface area contributed by atoms with Crippen molar-refractivity contribution in [3.63, 3.8) is 0 Å². The van der Waals surface area contributed by atoms with Crippen LogP contribution in [0.5, 0.6) is 5.75 Å². The van der Waals surface area contributed by atoms with E-state index in [9.17, 15) is 9.59 Å². The molecule has 2 saturated heterocycles. The fourth-order valence-corrected chi connectivity index (χ4v) is 3.68. The van der Waals surface area contributed by atoms with Crippen LogP contribution in [0.1, 0.15) is 19.8 Å². The van der Waals surface area contributed by atoms with Gasteiger partial charge in [0.15, 0.2) is 0 Å². The Hall–Kier alpha value is -2.24. The highest BCUT2D eigenvalue weighted by Gasteiger charge is 2.33. The Balaban J connectivity index is 1.47. The number of anilines is 1. The molecule has 0 unspecified atom stereocenters. The minimum absolute atomic E-state index is 0.0177. The van der Waals surface area contributed by atoms with Crippen LogP contribution in [0.2, 0.25) is 0 Å². The maximum atomic E-state index is 12.3. The first kappa shape index (κ1) is 17.6. The van der Waals surface area contributed by atoms with Crippen LogP contribution in [0.3, 0.4) is 0 Å². The van der Waals surface area contributed by atoms with Crippen molar-refractivity contribution < 1.29 is 14.3 Å². The molecule has 0 aliphatic carbocycles. The first-order valence-corrected chi connectivity index (χ1v) is 9.05. The number of hydrogen-bond acceptors (Lipinski definition) is 4. The lowest BCUT2D eigenvalue weighted by Gasteiger charge is -2.20. The monoisotopic (exact) mass is 345 g/mol. The van der Waals surface area contributed by atoms with E-state index < -0.39 is 0 Å². The number of nitrogens with one attached hydrogen (secondary N) is 1. The second-order valence-electron chi connectivity index (χ2n) is 6.88. The van der Waals surface area contributed by atoms with Crippen molar-refractivity contribution in [3.05, 3.63) is 24.3 Å². The van der Waals surface area contributed by atoms with Gasteiger partial charge in [0.2, 0.25) is 11.8 Å². The van der Waals surface area contributed by atoms with Crippen LogP contribution in [0.15, 0.2) is 24.3 Å². The van der Waals surface area contributed by atoms with E-state index in [1.807, 2.05) is 25.1 Å². The maximum Gasteiger partial charge on any atom is 0.225 e. The summed E-state index contributed by atoms with van der Waals surface area (Å²) < 4.78 is 5.29. The molecule has 0 saturated carbocycles. The van der Waals surface area contributed by atoms with E-state index in [-0.39, 0.29) is 17.7 Å². The lowest BCUT2D eigenvalue weighted by atomic mass is 10.1. The Kier molecular flexibility index (Phi) is 5.46. The molecule has 0 spiro atoms. The molecule has 1 aromatic carbocycles. The van der Waals surface area contributed by atoms with Gasteiger partial charge in [-0.15, -0.1) is 0 Å². The van der Waals surface area contributed by atoms with Crippen LogP contribution >= 0.6 is 0 Å². The third-order valence-corrected chi connectivity index (χ3v) is 5.24. The zero-order chi connectivity index (χ0) is 17.8. The molecule has 3 rings (SSSR count). The highest BCUT2D eigenvalue weighted by molar-refractivity contribution is 5.89. The van der Waals surface area contributed by atoms with E-state index in [0.717, 1.165) is 30.9 Å². The van der Waals surface area contributed by atoms with E-state index in [1.165, 1.54) is 0 Å². The van der Waals surface area contributed by atoms with Crippen LogP contribution < -0.4 is 15.0 Å². The fraction of sp³-hybridized carbons (Fsp3) is 0.579. The van der Waals surface area contributed by atoms with Crippen molar-refractivity contribution in [2.24, 2.45) is 11.8 Å². The van der Waals surface area contributed by atoms with E-state index in [0.29, 0.717) is 32.0 Å². The molecule has 0 aromatic heterocycles. The predicted molar refractivity (Wildman–Crippen MR) is 96.7 cm³/mol. The van der Waals surface area contributed by atoms with Gasteiger partial charge in [-0.1, -0.05) is 6.07 Å². The highest BCUT2D eigenvalue weighted by Crippen LogP contribution is 2.26. The van der Waals surface area contributed by atoms with Gasteiger partial charge in [-0.25, -0.2) is 0 Å². The summed E-state index contributed by atoms with van der Waals surface area (Å²) in [5.74, 6) is 1.22. The molecular formula is C19H27N3O3. The van der Waals surface area contributed by atoms with Crippen LogP contribution in [-0.2, 0) is 9.59 Å². The average molecular weight is 345 g/mol. The van der Waals surface area contributed by atoms with Crippen LogP contribution in [0.4, 0.5) is 5.69 Å². The molecule has 2 aliphatic rings. The summed E-state index contributed by atoms with van der Waals surface area (Å²) in [6.07, 6.45) is 1.41. The Morgan fingerprint density at radius 3 is 2.92 bits per heavy atom. The molecule has 25 heavy (non-hydrogen) atoms. The fourth-order valence-electron chi connectivity index (χ4n) is 3.68. The zero-order valence-electron chi connectivity index (χ0n) is 15.0. The smallest absolute Gasteiger partial charge is 0.225 e. The van der Waals surface area contributed by atoms with E-state index >= 15 is 0 Å². The lowest BCUT2D eigenvalue weighted by molar-refractivity contribution is -0.128. The summed E-state index contributed by atoms with van der Waals surface area (Å²) in [4.78, 5) is 28.2. The van der Waals surface area contributed by atoms with Crippen molar-refractivity contribution in [2.45, 2.75) is 19.8 Å². The second kappa shape index (κ2) is 7.76. The largest absolute Gasteiger partial charge is 0.497 e. The van der Waals surface area contributed by atoms with Gasteiger partial charge < -0.3 is 19.9 Å². The molecule has 0 radical (unpaired) electrons. The third kappa shape index (κ3) is 4.06. The van der Waals surface area contributed by atoms with Gasteiger partial charge in [0.05, 0.1) is 13.0 Å². The Labute approximate surface area is 149 Å². The second-order valence-corrected chi connectivity index (χ2v) is 6.88. The summed E-state index contributed by atoms with van der Waals surface area (Å²) in [7, 11) is 1.68. The zero-order valence-corrected chi connectivity index (χ0v) is 15.0. The van der Waals surface area contributed by atoms with Gasteiger partial charge in [0, 0.05) is 50.9 Å². The molecule has 6 nitrogen and oxygen atoms in total. The molecule has 2 heterocycles. The number of likely N-dealkylation sites (tertiary alicyclic amines) is 1. The molecule has 2 atom stereocenters. The molecule has 1 aromatic rings. The number of hydrogen-bond donors (Lipinski definition) is 1. The number of methoxy groups -OCH3 is 1. The average Bonchev–Trinajstić information content (AvgIpc) is 3.26. The van der Waals surface area contributed by atoms with E-state index in [4.69, 9.17) is 4.74 Å². The third-order valence-electron chi connectivity index (χ3n) is 5.24. The summed E-state index contributed by atoms with van der Waals surface area (Å²) in [6.45, 7) is 5.78. The number of carbonyl (C=O) groups excluding carboxylic acids is 2. The van der Waals surface area contributed by atoms with E-state index in [1.54, 1.807) is 12.0 Å². The first-order valence-electron chi connectivity index (χ1n) is 9.05. The minimum atomic E-state index is -0.191. The van der Waals surface area contributed by atoms with Crippen LogP contribution in [0, 0.1) is 11.8 Å². The van der Waals surface area contributed by atoms with E-state index in [2.05, 4.69) is 16.3 Å². The number of ether oxygens (including phenoxy) is 1. The van der Waals surface area contributed by atoms with Crippen molar-refractivity contribution in [3.8, 4) is 5.75 Å². The molecule has 136 valence electrons. The minimum Gasteiger partial charge on any atom is -0.497 e. The lowest BCUT2D eigenvalue weighted by Crippen LogP contribution is -2.36. The number of amides is 2. The van der Waals surface area contributed by atoms with Gasteiger partial charge in [0.25, 0.3) is 0 Å². The van der Waals surface area contributed by atoms with Crippen molar-refractivity contribution in [1.29, 1.82) is 0 Å². The van der Waals surface area contributed by atoms with Crippen LogP contribution in [0.25, 0.3) is 0 Å². The maximum absolute atomic E-state index is 12.3. The summed E-state index contributed by atoms with van der Waals surface area (Å²) in [5, 5.41) is 3.06. The molecule has 1 N–H and O–H groups in total. The molecule has 2 aliphatic heterocycles. The van der Waals surface area contributed by atoms with Crippen LogP contribution in [-0.4, -0.2) is 56.5 Å². The number of rotatable bonds is 6. The Bertz CT molecular complexity index is 634. The van der Waals surface area contributed by atoms with Gasteiger partial charge in [-0.3, -0.25) is 9.59 Å². The number of benzene rings is 1. The molecule has 2 fully saturated rings. The van der Waals surface area contributed by atoms with Gasteiger partial charge in [0.1, 0.15) is 5.75 Å². The van der Waals surface area contributed by atoms with Gasteiger partial charge in [-0.05, 0) is 31.4 Å². The molecule has 0 bridgehead atoms. The Morgan fingerprint density at radius 2 is 2.20 bits per heavy atom. The highest BCUT2D eigenvalue weighted by atomic mass is 16.5. The molecule has 6 heteroatoms. The predicted octanol–water partition coefficient (Wildman–Crippen LogP) is 1.51. The molecular weight excluding hydrogens is 318 g/mol. The van der Waals surface area contributed by atoms with Crippen molar-refractivity contribution in [1.82, 2.24) is 10.2 Å². The number of nitrogens with zero attached hydrogens (tertiary/aromatic N) is 2. The van der Waals surface area contributed by atoms with Crippen molar-refractivity contribution >= 4 is 17.5 Å². The first-order chi connectivity index (χ1) is 12.1. The normalized spacial score (nSPS) is 23.2. The van der Waals surface area contributed by atoms with Gasteiger partial charge >= 0.3 is 0 Å². The summed E-state index contributed by atoms with van der Waals surface area (Å²) in [6, 6.07) is 8.08. The number of carbonyl (C=O) groups is 2. The van der Waals surface area contributed by atoms with Gasteiger partial charge in [-0.2, -0.15) is 0 Å². The topological polar surface area (TPSA) is 61.9 Å². The Morgan fingerprint density at radius 1 is 1.36 bits per heavy atom. The standard InChI is InChI=1S/C19H27N3O3/c1-3-21-13-15(9-18(21)23)19(24)20-11-14-7-8-22(12-14)16-5-4-6-17(10-16)25-2/h4-6,10,14-15H,3,7-9,11-13H2,1-2H3,(H,20,24)/t14-,15-/m1/s1. The summed E-state index contributed by atoms with van der Waals surface area (Å²) >= 11 is 0. The summed E-state index contributed by atoms with van der Waals surface area (Å²) in [5.41, 5.74) is 1.16. The van der Waals surface area contributed by atoms with Crippen molar-refractivity contribution in [2.75, 3.05) is 44.7 Å². The SMILES string of the molecule is CCN1C[C@H](C(=O)NC[C@H]2CCN(c3cccc(OC)c3)C2)CC1=O. The quantitative estimate of drug-likeness (QED) is 0.849. The molecule has 2 amide bonds.